The molecule has 2 heterocycles. The second kappa shape index (κ2) is 3.82. The van der Waals surface area contributed by atoms with E-state index in [-0.39, 0.29) is 0 Å². The largest absolute Gasteiger partial charge is 0.392 e. The summed E-state index contributed by atoms with van der Waals surface area (Å²) in [7, 11) is 1.86. The number of anilines is 1. The standard InChI is InChI=1S/C9H13N5O/c1-7(15)5-13(2)8-9-12-11-6-14(9)4-3-10-8/h3-4,6-7,15H,5H2,1-2H3. The van der Waals surface area contributed by atoms with Crippen molar-refractivity contribution in [1.29, 1.82) is 0 Å². The number of likely N-dealkylation sites (N-methyl/N-ethyl adjacent to an activating group) is 1. The first kappa shape index (κ1) is 9.85. The zero-order chi connectivity index (χ0) is 10.8. The van der Waals surface area contributed by atoms with Gasteiger partial charge in [-0.2, -0.15) is 0 Å². The molecule has 2 rings (SSSR count). The fourth-order valence-corrected chi connectivity index (χ4v) is 1.50. The molecule has 2 aromatic rings. The molecule has 0 aliphatic carbocycles. The summed E-state index contributed by atoms with van der Waals surface area (Å²) in [5, 5.41) is 17.1. The number of rotatable bonds is 3. The third kappa shape index (κ3) is 1.89. The molecular formula is C9H13N5O. The van der Waals surface area contributed by atoms with Crippen LogP contribution < -0.4 is 4.90 Å². The Bertz CT molecular complexity index is 452. The van der Waals surface area contributed by atoms with Gasteiger partial charge in [0.25, 0.3) is 0 Å². The Balaban J connectivity index is 2.38. The smallest absolute Gasteiger partial charge is 0.203 e. The number of hydrogen-bond acceptors (Lipinski definition) is 5. The second-order valence-corrected chi connectivity index (χ2v) is 3.54. The van der Waals surface area contributed by atoms with Crippen LogP contribution in [0.5, 0.6) is 0 Å². The number of hydrogen-bond donors (Lipinski definition) is 1. The highest BCUT2D eigenvalue weighted by atomic mass is 16.3. The van der Waals surface area contributed by atoms with Crippen molar-refractivity contribution in [3.05, 3.63) is 18.7 Å². The first-order chi connectivity index (χ1) is 7.18. The minimum atomic E-state index is -0.403. The number of aliphatic hydroxyl groups is 1. The van der Waals surface area contributed by atoms with Crippen molar-refractivity contribution in [2.24, 2.45) is 0 Å². The summed E-state index contributed by atoms with van der Waals surface area (Å²) in [5.74, 6) is 0.718. The highest BCUT2D eigenvalue weighted by Crippen LogP contribution is 2.14. The van der Waals surface area contributed by atoms with Crippen LogP contribution in [0.3, 0.4) is 0 Å². The van der Waals surface area contributed by atoms with Crippen molar-refractivity contribution >= 4 is 11.5 Å². The molecule has 0 radical (unpaired) electrons. The maximum atomic E-state index is 9.29. The van der Waals surface area contributed by atoms with E-state index < -0.39 is 6.10 Å². The monoisotopic (exact) mass is 207 g/mol. The van der Waals surface area contributed by atoms with Gasteiger partial charge in [0.05, 0.1) is 6.10 Å². The van der Waals surface area contributed by atoms with Crippen LogP contribution in [-0.4, -0.2) is 44.4 Å². The van der Waals surface area contributed by atoms with Gasteiger partial charge in [-0.1, -0.05) is 0 Å². The fraction of sp³-hybridized carbons (Fsp3) is 0.444. The van der Waals surface area contributed by atoms with E-state index in [1.807, 2.05) is 11.9 Å². The van der Waals surface area contributed by atoms with Crippen LogP contribution in [0.1, 0.15) is 6.92 Å². The van der Waals surface area contributed by atoms with Crippen molar-refractivity contribution in [1.82, 2.24) is 19.6 Å². The predicted molar refractivity (Wildman–Crippen MR) is 55.7 cm³/mol. The number of fused-ring (bicyclic) bond motifs is 1. The minimum absolute atomic E-state index is 0.403. The van der Waals surface area contributed by atoms with Crippen molar-refractivity contribution in [3.63, 3.8) is 0 Å². The van der Waals surface area contributed by atoms with E-state index >= 15 is 0 Å². The number of nitrogens with zero attached hydrogens (tertiary/aromatic N) is 5. The van der Waals surface area contributed by atoms with Gasteiger partial charge >= 0.3 is 0 Å². The van der Waals surface area contributed by atoms with E-state index in [0.717, 1.165) is 5.82 Å². The third-order valence-electron chi connectivity index (χ3n) is 2.10. The Morgan fingerprint density at radius 2 is 2.40 bits per heavy atom. The van der Waals surface area contributed by atoms with Crippen molar-refractivity contribution in [2.75, 3.05) is 18.5 Å². The van der Waals surface area contributed by atoms with Crippen LogP contribution in [0.2, 0.25) is 0 Å². The normalized spacial score (nSPS) is 13.0. The van der Waals surface area contributed by atoms with Crippen LogP contribution in [0, 0.1) is 0 Å². The van der Waals surface area contributed by atoms with E-state index in [1.165, 1.54) is 0 Å². The number of aliphatic hydroxyl groups excluding tert-OH is 1. The molecule has 0 spiro atoms. The van der Waals surface area contributed by atoms with Gasteiger partial charge in [0.15, 0.2) is 5.82 Å². The van der Waals surface area contributed by atoms with Gasteiger partial charge in [-0.05, 0) is 6.92 Å². The molecule has 1 unspecified atom stereocenters. The van der Waals surface area contributed by atoms with Crippen LogP contribution in [0.4, 0.5) is 5.82 Å². The molecular weight excluding hydrogens is 194 g/mol. The Kier molecular flexibility index (Phi) is 2.51. The molecule has 0 saturated heterocycles. The summed E-state index contributed by atoms with van der Waals surface area (Å²) in [6.45, 7) is 2.25. The summed E-state index contributed by atoms with van der Waals surface area (Å²) in [6, 6.07) is 0. The van der Waals surface area contributed by atoms with Gasteiger partial charge in [0.2, 0.25) is 5.65 Å². The topological polar surface area (TPSA) is 66.5 Å². The molecule has 1 atom stereocenters. The lowest BCUT2D eigenvalue weighted by Crippen LogP contribution is -2.28. The molecule has 2 aromatic heterocycles. The average molecular weight is 207 g/mol. The average Bonchev–Trinajstić information content (AvgIpc) is 2.63. The second-order valence-electron chi connectivity index (χ2n) is 3.54. The van der Waals surface area contributed by atoms with Gasteiger partial charge in [0.1, 0.15) is 6.33 Å². The molecule has 0 aromatic carbocycles. The maximum Gasteiger partial charge on any atom is 0.203 e. The number of aromatic nitrogens is 4. The quantitative estimate of drug-likeness (QED) is 0.763. The van der Waals surface area contributed by atoms with Crippen LogP contribution in [0.15, 0.2) is 18.7 Å². The SMILES string of the molecule is CC(O)CN(C)c1nccn2cnnc12. The zero-order valence-corrected chi connectivity index (χ0v) is 8.70. The first-order valence-corrected chi connectivity index (χ1v) is 4.72. The van der Waals surface area contributed by atoms with E-state index in [1.54, 1.807) is 30.0 Å². The van der Waals surface area contributed by atoms with Gasteiger partial charge in [0, 0.05) is 26.0 Å². The molecule has 0 bridgehead atoms. The molecule has 0 saturated carbocycles. The minimum Gasteiger partial charge on any atom is -0.392 e. The molecule has 0 aliphatic rings. The third-order valence-corrected chi connectivity index (χ3v) is 2.10. The molecule has 0 aliphatic heterocycles. The van der Waals surface area contributed by atoms with E-state index in [9.17, 15) is 5.11 Å². The van der Waals surface area contributed by atoms with Crippen LogP contribution in [0.25, 0.3) is 5.65 Å². The molecule has 0 amide bonds. The Hall–Kier alpha value is -1.69. The molecule has 6 nitrogen and oxygen atoms in total. The van der Waals surface area contributed by atoms with Gasteiger partial charge in [-0.15, -0.1) is 10.2 Å². The Labute approximate surface area is 87.2 Å². The van der Waals surface area contributed by atoms with E-state index in [0.29, 0.717) is 12.2 Å². The van der Waals surface area contributed by atoms with Gasteiger partial charge in [-0.3, -0.25) is 4.40 Å². The van der Waals surface area contributed by atoms with Crippen LogP contribution in [-0.2, 0) is 0 Å². The molecule has 80 valence electrons. The molecule has 0 fully saturated rings. The van der Waals surface area contributed by atoms with Gasteiger partial charge in [-0.25, -0.2) is 4.98 Å². The summed E-state index contributed by atoms with van der Waals surface area (Å²) in [5.41, 5.74) is 0.695. The zero-order valence-electron chi connectivity index (χ0n) is 8.70. The Morgan fingerprint density at radius 3 is 3.13 bits per heavy atom. The summed E-state index contributed by atoms with van der Waals surface area (Å²) >= 11 is 0. The highest BCUT2D eigenvalue weighted by molar-refractivity contribution is 5.62. The van der Waals surface area contributed by atoms with Crippen molar-refractivity contribution in [2.45, 2.75) is 13.0 Å². The molecule has 15 heavy (non-hydrogen) atoms. The van der Waals surface area contributed by atoms with Crippen molar-refractivity contribution < 1.29 is 5.11 Å². The lowest BCUT2D eigenvalue weighted by molar-refractivity contribution is 0.201. The van der Waals surface area contributed by atoms with E-state index in [4.69, 9.17) is 0 Å². The lowest BCUT2D eigenvalue weighted by Gasteiger charge is -2.19. The van der Waals surface area contributed by atoms with Crippen molar-refractivity contribution in [3.8, 4) is 0 Å². The van der Waals surface area contributed by atoms with E-state index in [2.05, 4.69) is 15.2 Å². The maximum absolute atomic E-state index is 9.29. The predicted octanol–water partition coefficient (Wildman–Crippen LogP) is -0.0587. The first-order valence-electron chi connectivity index (χ1n) is 4.72. The summed E-state index contributed by atoms with van der Waals surface area (Å²) in [4.78, 5) is 6.08. The Morgan fingerprint density at radius 1 is 1.60 bits per heavy atom. The molecule has 1 N–H and O–H groups in total. The van der Waals surface area contributed by atoms with Crippen LogP contribution >= 0.6 is 0 Å². The fourth-order valence-electron chi connectivity index (χ4n) is 1.50. The lowest BCUT2D eigenvalue weighted by atomic mass is 10.4. The summed E-state index contributed by atoms with van der Waals surface area (Å²) < 4.78 is 1.79. The molecule has 6 heteroatoms. The van der Waals surface area contributed by atoms with Gasteiger partial charge < -0.3 is 10.0 Å². The highest BCUT2D eigenvalue weighted by Gasteiger charge is 2.11. The summed E-state index contributed by atoms with van der Waals surface area (Å²) in [6.07, 6.45) is 4.69.